The van der Waals surface area contributed by atoms with Gasteiger partial charge in [0.05, 0.1) is 17.2 Å². The van der Waals surface area contributed by atoms with Gasteiger partial charge in [0.15, 0.2) is 11.5 Å². The third-order valence-corrected chi connectivity index (χ3v) is 3.61. The van der Waals surface area contributed by atoms with E-state index in [0.29, 0.717) is 6.61 Å². The molecular weight excluding hydrogens is 318 g/mol. The summed E-state index contributed by atoms with van der Waals surface area (Å²) in [5, 5.41) is 3.40. The lowest BCUT2D eigenvalue weighted by Crippen LogP contribution is -2.15. The predicted molar refractivity (Wildman–Crippen MR) is 87.7 cm³/mol. The fourth-order valence-corrected chi connectivity index (χ4v) is 2.38. The van der Waals surface area contributed by atoms with Crippen LogP contribution in [-0.2, 0) is 6.54 Å². The Morgan fingerprint density at radius 2 is 2.00 bits per heavy atom. The van der Waals surface area contributed by atoms with Gasteiger partial charge in [-0.1, -0.05) is 13.8 Å². The molecule has 1 unspecified atom stereocenters. The SMILES string of the molecule is CCCNCc1cc(Br)c(OC(C)CC)c(OCC)c1. The Morgan fingerprint density at radius 3 is 2.60 bits per heavy atom. The highest BCUT2D eigenvalue weighted by atomic mass is 79.9. The minimum Gasteiger partial charge on any atom is -0.490 e. The highest BCUT2D eigenvalue weighted by molar-refractivity contribution is 9.10. The molecule has 0 aromatic heterocycles. The maximum Gasteiger partial charge on any atom is 0.175 e. The second-order valence-electron chi connectivity index (χ2n) is 4.85. The monoisotopic (exact) mass is 343 g/mol. The van der Waals surface area contributed by atoms with Crippen LogP contribution in [0, 0.1) is 0 Å². The predicted octanol–water partition coefficient (Wildman–Crippen LogP) is 4.52. The van der Waals surface area contributed by atoms with E-state index in [0.717, 1.165) is 41.9 Å². The molecule has 1 N–H and O–H groups in total. The van der Waals surface area contributed by atoms with E-state index in [1.807, 2.05) is 6.92 Å². The molecule has 0 aliphatic rings. The van der Waals surface area contributed by atoms with Gasteiger partial charge in [0.1, 0.15) is 0 Å². The molecule has 0 saturated heterocycles. The Bertz CT molecular complexity index is 410. The van der Waals surface area contributed by atoms with Crippen molar-refractivity contribution in [3.8, 4) is 11.5 Å². The number of hydrogen-bond donors (Lipinski definition) is 1. The second-order valence-corrected chi connectivity index (χ2v) is 5.71. The number of benzene rings is 1. The van der Waals surface area contributed by atoms with Crippen LogP contribution >= 0.6 is 15.9 Å². The van der Waals surface area contributed by atoms with Gasteiger partial charge in [-0.25, -0.2) is 0 Å². The Labute approximate surface area is 131 Å². The molecule has 20 heavy (non-hydrogen) atoms. The maximum absolute atomic E-state index is 5.97. The summed E-state index contributed by atoms with van der Waals surface area (Å²) in [5.74, 6) is 1.62. The molecule has 0 heterocycles. The first-order valence-electron chi connectivity index (χ1n) is 7.44. The number of nitrogens with one attached hydrogen (secondary N) is 1. The van der Waals surface area contributed by atoms with Crippen molar-refractivity contribution in [2.75, 3.05) is 13.2 Å². The molecule has 3 nitrogen and oxygen atoms in total. The van der Waals surface area contributed by atoms with Crippen LogP contribution in [0.1, 0.15) is 46.1 Å². The summed E-state index contributed by atoms with van der Waals surface area (Å²) in [6.07, 6.45) is 2.28. The van der Waals surface area contributed by atoms with Crippen LogP contribution in [0.15, 0.2) is 16.6 Å². The highest BCUT2D eigenvalue weighted by Crippen LogP contribution is 2.37. The largest absolute Gasteiger partial charge is 0.490 e. The average Bonchev–Trinajstić information content (AvgIpc) is 2.43. The summed E-state index contributed by atoms with van der Waals surface area (Å²) in [4.78, 5) is 0. The van der Waals surface area contributed by atoms with E-state index in [2.05, 4.69) is 54.2 Å². The summed E-state index contributed by atoms with van der Waals surface area (Å²) in [5.41, 5.74) is 1.20. The first-order valence-corrected chi connectivity index (χ1v) is 8.24. The van der Waals surface area contributed by atoms with Crippen LogP contribution in [0.25, 0.3) is 0 Å². The fraction of sp³-hybridized carbons (Fsp3) is 0.625. The molecule has 0 spiro atoms. The van der Waals surface area contributed by atoms with Crippen molar-refractivity contribution in [2.45, 2.75) is 53.2 Å². The highest BCUT2D eigenvalue weighted by Gasteiger charge is 2.14. The molecule has 1 aromatic rings. The fourth-order valence-electron chi connectivity index (χ4n) is 1.79. The Kier molecular flexibility index (Phi) is 8.00. The molecule has 4 heteroatoms. The summed E-state index contributed by atoms with van der Waals surface area (Å²) < 4.78 is 12.6. The lowest BCUT2D eigenvalue weighted by Gasteiger charge is -2.19. The Morgan fingerprint density at radius 1 is 1.25 bits per heavy atom. The van der Waals surface area contributed by atoms with Gasteiger partial charge < -0.3 is 14.8 Å². The summed E-state index contributed by atoms with van der Waals surface area (Å²) in [7, 11) is 0. The maximum atomic E-state index is 5.97. The molecule has 0 radical (unpaired) electrons. The van der Waals surface area contributed by atoms with E-state index < -0.39 is 0 Å². The van der Waals surface area contributed by atoms with E-state index >= 15 is 0 Å². The number of hydrogen-bond acceptors (Lipinski definition) is 3. The van der Waals surface area contributed by atoms with Gasteiger partial charge >= 0.3 is 0 Å². The molecule has 1 atom stereocenters. The summed E-state index contributed by atoms with van der Waals surface area (Å²) in [6, 6.07) is 4.16. The molecule has 0 amide bonds. The zero-order valence-electron chi connectivity index (χ0n) is 13.0. The van der Waals surface area contributed by atoms with Crippen molar-refractivity contribution in [2.24, 2.45) is 0 Å². The Hall–Kier alpha value is -0.740. The van der Waals surface area contributed by atoms with Crippen molar-refractivity contribution in [3.63, 3.8) is 0 Å². The number of rotatable bonds is 9. The second kappa shape index (κ2) is 9.24. The van der Waals surface area contributed by atoms with Gasteiger partial charge in [-0.15, -0.1) is 0 Å². The standard InChI is InChI=1S/C16H26BrNO2/c1-5-8-18-11-13-9-14(17)16(20-12(4)6-2)15(10-13)19-7-3/h9-10,12,18H,5-8,11H2,1-4H3. The van der Waals surface area contributed by atoms with Crippen molar-refractivity contribution in [1.29, 1.82) is 0 Å². The first kappa shape index (κ1) is 17.3. The molecule has 0 aliphatic heterocycles. The zero-order valence-corrected chi connectivity index (χ0v) is 14.5. The van der Waals surface area contributed by atoms with Crippen LogP contribution in [0.5, 0.6) is 11.5 Å². The molecule has 114 valence electrons. The van der Waals surface area contributed by atoms with E-state index in [1.54, 1.807) is 0 Å². The normalized spacial score (nSPS) is 12.2. The topological polar surface area (TPSA) is 30.5 Å². The smallest absolute Gasteiger partial charge is 0.175 e. The van der Waals surface area contributed by atoms with Gasteiger partial charge in [0, 0.05) is 6.54 Å². The molecule has 1 aromatic carbocycles. The van der Waals surface area contributed by atoms with Gasteiger partial charge in [-0.3, -0.25) is 0 Å². The van der Waals surface area contributed by atoms with Gasteiger partial charge in [-0.05, 0) is 66.9 Å². The van der Waals surface area contributed by atoms with Crippen molar-refractivity contribution < 1.29 is 9.47 Å². The van der Waals surface area contributed by atoms with Crippen molar-refractivity contribution in [3.05, 3.63) is 22.2 Å². The van der Waals surface area contributed by atoms with Gasteiger partial charge in [-0.2, -0.15) is 0 Å². The van der Waals surface area contributed by atoms with E-state index in [-0.39, 0.29) is 6.10 Å². The van der Waals surface area contributed by atoms with Crippen molar-refractivity contribution in [1.82, 2.24) is 5.32 Å². The molecule has 0 bridgehead atoms. The summed E-state index contributed by atoms with van der Waals surface area (Å²) >= 11 is 3.60. The lowest BCUT2D eigenvalue weighted by atomic mass is 10.2. The van der Waals surface area contributed by atoms with Crippen LogP contribution in [0.2, 0.25) is 0 Å². The molecular formula is C16H26BrNO2. The average molecular weight is 344 g/mol. The minimum atomic E-state index is 0.176. The third-order valence-electron chi connectivity index (χ3n) is 3.02. The van der Waals surface area contributed by atoms with Gasteiger partial charge in [0.25, 0.3) is 0 Å². The summed E-state index contributed by atoms with van der Waals surface area (Å²) in [6.45, 7) is 10.8. The van der Waals surface area contributed by atoms with Crippen LogP contribution in [0.4, 0.5) is 0 Å². The number of halogens is 1. The quantitative estimate of drug-likeness (QED) is 0.668. The molecule has 0 fully saturated rings. The van der Waals surface area contributed by atoms with Crippen LogP contribution < -0.4 is 14.8 Å². The lowest BCUT2D eigenvalue weighted by molar-refractivity contribution is 0.201. The third kappa shape index (κ3) is 5.33. The molecule has 0 saturated carbocycles. The van der Waals surface area contributed by atoms with Crippen LogP contribution in [-0.4, -0.2) is 19.3 Å². The van der Waals surface area contributed by atoms with E-state index in [9.17, 15) is 0 Å². The zero-order chi connectivity index (χ0) is 15.0. The van der Waals surface area contributed by atoms with Gasteiger partial charge in [0.2, 0.25) is 0 Å². The first-order chi connectivity index (χ1) is 9.62. The number of ether oxygens (including phenoxy) is 2. The van der Waals surface area contributed by atoms with E-state index in [4.69, 9.17) is 9.47 Å². The van der Waals surface area contributed by atoms with Crippen molar-refractivity contribution >= 4 is 15.9 Å². The van der Waals surface area contributed by atoms with Crippen LogP contribution in [0.3, 0.4) is 0 Å². The molecule has 0 aliphatic carbocycles. The molecule has 1 rings (SSSR count). The van der Waals surface area contributed by atoms with E-state index in [1.165, 1.54) is 5.56 Å². The Balaban J connectivity index is 2.92. The minimum absolute atomic E-state index is 0.176.